The molecule has 152 valence electrons. The lowest BCUT2D eigenvalue weighted by molar-refractivity contribution is -0.194. The Balaban J connectivity index is 1.62. The van der Waals surface area contributed by atoms with Crippen LogP contribution in [0.3, 0.4) is 0 Å². The number of hydrogen-bond donors (Lipinski definition) is 1. The Morgan fingerprint density at radius 2 is 1.59 bits per heavy atom. The Morgan fingerprint density at radius 1 is 0.926 bits per heavy atom. The van der Waals surface area contributed by atoms with Crippen LogP contribution < -0.4 is 0 Å². The second-order valence-electron chi connectivity index (χ2n) is 11.3. The van der Waals surface area contributed by atoms with Gasteiger partial charge in [-0.1, -0.05) is 20.8 Å². The maximum atomic E-state index is 12.6. The predicted octanol–water partition coefficient (Wildman–Crippen LogP) is 3.95. The molecule has 4 heteroatoms. The van der Waals surface area contributed by atoms with Crippen molar-refractivity contribution in [1.82, 2.24) is 0 Å². The van der Waals surface area contributed by atoms with E-state index in [4.69, 9.17) is 9.47 Å². The molecule has 1 heterocycles. The van der Waals surface area contributed by atoms with E-state index >= 15 is 0 Å². The standard InChI is InChI=1S/C23H36O4/c1-12-15(24)9-11-23(5)14-8-10-22(4)13(6-7-16(22)25)17(14)19-20(18(12)23)27-21(2,3)26-19/h12-14,16-20,25H,6-11H2,1-5H3/t12-,13?,14?,16+,17?,18?,19-,20-,22+,23-/m1/s1. The molecule has 4 unspecified atom stereocenters. The van der Waals surface area contributed by atoms with Crippen molar-refractivity contribution in [1.29, 1.82) is 0 Å². The number of hydrogen-bond acceptors (Lipinski definition) is 4. The van der Waals surface area contributed by atoms with Crippen LogP contribution >= 0.6 is 0 Å². The number of ketones is 1. The van der Waals surface area contributed by atoms with Gasteiger partial charge in [0.25, 0.3) is 0 Å². The van der Waals surface area contributed by atoms with Crippen LogP contribution in [-0.2, 0) is 14.3 Å². The fourth-order valence-corrected chi connectivity index (χ4v) is 8.44. The molecule has 0 aromatic rings. The first-order valence-electron chi connectivity index (χ1n) is 11.1. The molecule has 27 heavy (non-hydrogen) atoms. The van der Waals surface area contributed by atoms with Gasteiger partial charge in [0.05, 0.1) is 18.3 Å². The van der Waals surface area contributed by atoms with Crippen LogP contribution in [0, 0.1) is 40.4 Å². The molecule has 5 fully saturated rings. The molecule has 5 rings (SSSR count). The van der Waals surface area contributed by atoms with Crippen molar-refractivity contribution in [3.8, 4) is 0 Å². The third-order valence-electron chi connectivity index (χ3n) is 9.74. The maximum Gasteiger partial charge on any atom is 0.163 e. The van der Waals surface area contributed by atoms with Crippen molar-refractivity contribution in [2.75, 3.05) is 0 Å². The highest BCUT2D eigenvalue weighted by molar-refractivity contribution is 5.82. The summed E-state index contributed by atoms with van der Waals surface area (Å²) in [6.07, 6.45) is 5.85. The second kappa shape index (κ2) is 5.58. The zero-order chi connectivity index (χ0) is 19.4. The fourth-order valence-electron chi connectivity index (χ4n) is 8.44. The smallest absolute Gasteiger partial charge is 0.163 e. The average Bonchev–Trinajstić information content (AvgIpc) is 3.07. The van der Waals surface area contributed by atoms with Crippen LogP contribution in [-0.4, -0.2) is 35.0 Å². The number of Topliss-reactive ketones (excluding diaryl/α,β-unsaturated/α-hetero) is 1. The Bertz CT molecular complexity index is 659. The summed E-state index contributed by atoms with van der Waals surface area (Å²) in [6, 6.07) is 0. The Hall–Kier alpha value is -0.450. The molecule has 5 aliphatic rings. The monoisotopic (exact) mass is 376 g/mol. The number of ether oxygens (including phenoxy) is 2. The van der Waals surface area contributed by atoms with Crippen LogP contribution in [0.5, 0.6) is 0 Å². The molecule has 0 amide bonds. The third-order valence-corrected chi connectivity index (χ3v) is 9.74. The van der Waals surface area contributed by atoms with Crippen LogP contribution in [0.25, 0.3) is 0 Å². The lowest BCUT2D eigenvalue weighted by Crippen LogP contribution is -2.65. The minimum absolute atomic E-state index is 0.00518. The Kier molecular flexibility index (Phi) is 3.84. The van der Waals surface area contributed by atoms with Gasteiger partial charge >= 0.3 is 0 Å². The Labute approximate surface area is 163 Å². The molecule has 0 spiro atoms. The first-order chi connectivity index (χ1) is 12.6. The van der Waals surface area contributed by atoms with Gasteiger partial charge in [-0.2, -0.15) is 0 Å². The zero-order valence-corrected chi connectivity index (χ0v) is 17.5. The summed E-state index contributed by atoms with van der Waals surface area (Å²) in [6.45, 7) is 10.9. The maximum absolute atomic E-state index is 12.6. The van der Waals surface area contributed by atoms with E-state index in [9.17, 15) is 9.90 Å². The highest BCUT2D eigenvalue weighted by Gasteiger charge is 2.69. The predicted molar refractivity (Wildman–Crippen MR) is 102 cm³/mol. The molecule has 1 N–H and O–H groups in total. The molecular weight excluding hydrogens is 340 g/mol. The molecule has 1 aliphatic heterocycles. The van der Waals surface area contributed by atoms with Gasteiger partial charge < -0.3 is 14.6 Å². The summed E-state index contributed by atoms with van der Waals surface area (Å²) in [5, 5.41) is 10.8. The summed E-state index contributed by atoms with van der Waals surface area (Å²) in [7, 11) is 0. The number of carbonyl (C=O) groups is 1. The largest absolute Gasteiger partial charge is 0.393 e. The normalized spacial score (nSPS) is 59.0. The van der Waals surface area contributed by atoms with Gasteiger partial charge in [-0.15, -0.1) is 0 Å². The number of carbonyl (C=O) groups excluding carboxylic acids is 1. The highest BCUT2D eigenvalue weighted by atomic mass is 16.8. The molecule has 0 aromatic heterocycles. The van der Waals surface area contributed by atoms with Crippen LogP contribution in [0.15, 0.2) is 0 Å². The minimum atomic E-state index is -0.587. The summed E-state index contributed by atoms with van der Waals surface area (Å²) in [5.74, 6) is 1.63. The van der Waals surface area contributed by atoms with Gasteiger partial charge in [-0.25, -0.2) is 0 Å². The van der Waals surface area contributed by atoms with Crippen molar-refractivity contribution < 1.29 is 19.4 Å². The first kappa shape index (κ1) is 18.6. The molecule has 4 aliphatic carbocycles. The molecule has 4 nitrogen and oxygen atoms in total. The van der Waals surface area contributed by atoms with Gasteiger partial charge in [0, 0.05) is 18.3 Å². The molecule has 4 saturated carbocycles. The van der Waals surface area contributed by atoms with Crippen LogP contribution in [0.1, 0.15) is 73.1 Å². The van der Waals surface area contributed by atoms with Crippen LogP contribution in [0.2, 0.25) is 0 Å². The fraction of sp³-hybridized carbons (Fsp3) is 0.957. The van der Waals surface area contributed by atoms with E-state index < -0.39 is 5.79 Å². The van der Waals surface area contributed by atoms with Gasteiger partial charge in [-0.05, 0) is 74.5 Å². The molecule has 1 saturated heterocycles. The van der Waals surface area contributed by atoms with E-state index in [-0.39, 0.29) is 41.0 Å². The van der Waals surface area contributed by atoms with Crippen molar-refractivity contribution in [2.45, 2.75) is 97.2 Å². The van der Waals surface area contributed by atoms with Gasteiger partial charge in [0.1, 0.15) is 5.78 Å². The molecule has 10 atom stereocenters. The summed E-state index contributed by atoms with van der Waals surface area (Å²) < 4.78 is 13.1. The topological polar surface area (TPSA) is 55.8 Å². The van der Waals surface area contributed by atoms with Gasteiger partial charge in [0.2, 0.25) is 0 Å². The van der Waals surface area contributed by atoms with E-state index in [2.05, 4.69) is 20.8 Å². The number of rotatable bonds is 0. The van der Waals surface area contributed by atoms with Crippen molar-refractivity contribution in [3.05, 3.63) is 0 Å². The summed E-state index contributed by atoms with van der Waals surface area (Å²) in [4.78, 5) is 12.6. The van der Waals surface area contributed by atoms with Crippen LogP contribution in [0.4, 0.5) is 0 Å². The van der Waals surface area contributed by atoms with Crippen molar-refractivity contribution >= 4 is 5.78 Å². The summed E-state index contributed by atoms with van der Waals surface area (Å²) in [5.41, 5.74) is 0.152. The van der Waals surface area contributed by atoms with Gasteiger partial charge in [-0.3, -0.25) is 4.79 Å². The first-order valence-corrected chi connectivity index (χ1v) is 11.1. The number of aliphatic hydroxyl groups is 1. The number of fused-ring (bicyclic) bond motifs is 8. The lowest BCUT2D eigenvalue weighted by atomic mass is 9.42. The van der Waals surface area contributed by atoms with Crippen molar-refractivity contribution in [3.63, 3.8) is 0 Å². The van der Waals surface area contributed by atoms with E-state index in [1.165, 1.54) is 0 Å². The lowest BCUT2D eigenvalue weighted by Gasteiger charge is -2.63. The van der Waals surface area contributed by atoms with E-state index in [1.807, 2.05) is 13.8 Å². The summed E-state index contributed by atoms with van der Waals surface area (Å²) >= 11 is 0. The molecule has 0 bridgehead atoms. The second-order valence-corrected chi connectivity index (χ2v) is 11.3. The SMILES string of the molecule is C[C@@H]1C(=O)CC[C@]2(C)C3CC[C@@]4(C)C(CC[C@@H]4O)C3[C@H]3OC(C)(C)O[C@@H]3C12. The quantitative estimate of drug-likeness (QED) is 0.696. The Morgan fingerprint density at radius 3 is 2.33 bits per heavy atom. The highest BCUT2D eigenvalue weighted by Crippen LogP contribution is 2.68. The molecule has 0 radical (unpaired) electrons. The van der Waals surface area contributed by atoms with E-state index in [0.29, 0.717) is 30.0 Å². The third kappa shape index (κ3) is 2.30. The van der Waals surface area contributed by atoms with E-state index in [1.54, 1.807) is 0 Å². The average molecular weight is 377 g/mol. The molecule has 0 aromatic carbocycles. The van der Waals surface area contributed by atoms with Gasteiger partial charge in [0.15, 0.2) is 5.79 Å². The van der Waals surface area contributed by atoms with E-state index in [0.717, 1.165) is 32.1 Å². The zero-order valence-electron chi connectivity index (χ0n) is 17.5. The molecular formula is C23H36O4. The van der Waals surface area contributed by atoms with Crippen molar-refractivity contribution in [2.24, 2.45) is 40.4 Å². The minimum Gasteiger partial charge on any atom is -0.393 e. The number of aliphatic hydroxyl groups excluding tert-OH is 1.